The zero-order chi connectivity index (χ0) is 18.7. The van der Waals surface area contributed by atoms with Crippen LogP contribution in [0, 0.1) is 5.92 Å². The van der Waals surface area contributed by atoms with Gasteiger partial charge in [-0.3, -0.25) is 4.79 Å². The summed E-state index contributed by atoms with van der Waals surface area (Å²) in [6, 6.07) is 7.50. The van der Waals surface area contributed by atoms with Crippen molar-refractivity contribution in [1.29, 1.82) is 0 Å². The topological polar surface area (TPSA) is 66.5 Å². The minimum Gasteiger partial charge on any atom is -0.353 e. The van der Waals surface area contributed by atoms with Crippen LogP contribution in [-0.2, 0) is 14.8 Å². The molecule has 6 heteroatoms. The molecular weight excluding hydrogens is 348 g/mol. The van der Waals surface area contributed by atoms with Crippen molar-refractivity contribution in [2.24, 2.45) is 5.92 Å². The third-order valence-electron chi connectivity index (χ3n) is 5.71. The maximum atomic E-state index is 12.8. The molecule has 5 nitrogen and oxygen atoms in total. The second kappa shape index (κ2) is 8.09. The van der Waals surface area contributed by atoms with Crippen molar-refractivity contribution in [1.82, 2.24) is 9.62 Å². The highest BCUT2D eigenvalue weighted by molar-refractivity contribution is 7.89. The van der Waals surface area contributed by atoms with Gasteiger partial charge in [-0.2, -0.15) is 4.31 Å². The molecular formula is C20H30N2O3S. The Morgan fingerprint density at radius 2 is 1.62 bits per heavy atom. The van der Waals surface area contributed by atoms with E-state index >= 15 is 0 Å². The van der Waals surface area contributed by atoms with Crippen molar-refractivity contribution in [2.75, 3.05) is 13.1 Å². The molecule has 1 aromatic carbocycles. The minimum absolute atomic E-state index is 0.0645. The monoisotopic (exact) mass is 378 g/mol. The Labute approximate surface area is 157 Å². The number of piperidine rings is 1. The van der Waals surface area contributed by atoms with Gasteiger partial charge in [0.2, 0.25) is 15.9 Å². The molecule has 1 saturated carbocycles. The van der Waals surface area contributed by atoms with E-state index in [1.165, 1.54) is 17.1 Å². The van der Waals surface area contributed by atoms with Gasteiger partial charge in [0, 0.05) is 25.0 Å². The molecule has 0 unspecified atom stereocenters. The van der Waals surface area contributed by atoms with E-state index in [1.54, 1.807) is 12.1 Å². The van der Waals surface area contributed by atoms with Crippen LogP contribution in [0.25, 0.3) is 0 Å². The molecule has 0 radical (unpaired) electrons. The Bertz CT molecular complexity index is 714. The third kappa shape index (κ3) is 4.29. The molecule has 1 N–H and O–H groups in total. The summed E-state index contributed by atoms with van der Waals surface area (Å²) < 4.78 is 27.2. The molecule has 0 aromatic heterocycles. The highest BCUT2D eigenvalue weighted by Gasteiger charge is 2.33. The molecule has 144 valence electrons. The number of carbonyl (C=O) groups is 1. The lowest BCUT2D eigenvalue weighted by Crippen LogP contribution is -2.44. The van der Waals surface area contributed by atoms with E-state index in [1.807, 2.05) is 12.1 Å². The highest BCUT2D eigenvalue weighted by atomic mass is 32.2. The Kier molecular flexibility index (Phi) is 6.03. The van der Waals surface area contributed by atoms with E-state index in [-0.39, 0.29) is 11.8 Å². The van der Waals surface area contributed by atoms with E-state index in [0.29, 0.717) is 42.8 Å². The first kappa shape index (κ1) is 19.4. The van der Waals surface area contributed by atoms with Crippen molar-refractivity contribution < 1.29 is 13.2 Å². The Hall–Kier alpha value is -1.40. The summed E-state index contributed by atoms with van der Waals surface area (Å²) in [5, 5.41) is 3.14. The van der Waals surface area contributed by atoms with E-state index in [4.69, 9.17) is 0 Å². The van der Waals surface area contributed by atoms with Crippen molar-refractivity contribution in [3.8, 4) is 0 Å². The number of nitrogens with one attached hydrogen (secondary N) is 1. The number of amides is 1. The van der Waals surface area contributed by atoms with Gasteiger partial charge in [0.1, 0.15) is 0 Å². The van der Waals surface area contributed by atoms with Gasteiger partial charge in [-0.25, -0.2) is 8.42 Å². The lowest BCUT2D eigenvalue weighted by atomic mass is 9.97. The first-order valence-electron chi connectivity index (χ1n) is 9.78. The van der Waals surface area contributed by atoms with E-state index in [0.717, 1.165) is 18.4 Å². The molecule has 0 spiro atoms. The average molecular weight is 379 g/mol. The predicted molar refractivity (Wildman–Crippen MR) is 102 cm³/mol. The van der Waals surface area contributed by atoms with Crippen LogP contribution < -0.4 is 5.32 Å². The Morgan fingerprint density at radius 1 is 1.04 bits per heavy atom. The van der Waals surface area contributed by atoms with E-state index in [2.05, 4.69) is 19.2 Å². The van der Waals surface area contributed by atoms with Crippen LogP contribution in [0.1, 0.15) is 63.9 Å². The third-order valence-corrected chi connectivity index (χ3v) is 7.62. The standard InChI is InChI=1S/C20H30N2O3S/c1-15(2)16-7-9-19(10-8-16)26(24,25)22-13-11-17(12-14-22)20(23)21-18-5-3-4-6-18/h7-10,15,17-18H,3-6,11-14H2,1-2H3,(H,21,23). The molecule has 1 aliphatic carbocycles. The number of nitrogens with zero attached hydrogens (tertiary/aromatic N) is 1. The van der Waals surface area contributed by atoms with Crippen LogP contribution in [0.4, 0.5) is 0 Å². The Balaban J connectivity index is 1.58. The average Bonchev–Trinajstić information content (AvgIpc) is 3.15. The molecule has 1 heterocycles. The SMILES string of the molecule is CC(C)c1ccc(S(=O)(=O)N2CCC(C(=O)NC3CCCC3)CC2)cc1. The number of sulfonamides is 1. The maximum Gasteiger partial charge on any atom is 0.243 e. The molecule has 1 aliphatic heterocycles. The quantitative estimate of drug-likeness (QED) is 0.855. The number of benzene rings is 1. The van der Waals surface area contributed by atoms with Crippen LogP contribution in [0.3, 0.4) is 0 Å². The lowest BCUT2D eigenvalue weighted by Gasteiger charge is -2.31. The fourth-order valence-electron chi connectivity index (χ4n) is 3.92. The van der Waals surface area contributed by atoms with Crippen molar-refractivity contribution in [3.05, 3.63) is 29.8 Å². The van der Waals surface area contributed by atoms with Crippen LogP contribution in [0.5, 0.6) is 0 Å². The smallest absolute Gasteiger partial charge is 0.243 e. The predicted octanol–water partition coefficient (Wildman–Crippen LogP) is 3.27. The molecule has 1 saturated heterocycles. The summed E-state index contributed by atoms with van der Waals surface area (Å²) in [6.45, 7) is 5.00. The molecule has 1 aromatic rings. The normalized spacial score (nSPS) is 20.6. The van der Waals surface area contributed by atoms with Crippen LogP contribution >= 0.6 is 0 Å². The highest BCUT2D eigenvalue weighted by Crippen LogP contribution is 2.26. The second-order valence-electron chi connectivity index (χ2n) is 7.89. The minimum atomic E-state index is -3.47. The zero-order valence-electron chi connectivity index (χ0n) is 15.8. The summed E-state index contributed by atoms with van der Waals surface area (Å²) in [4.78, 5) is 12.7. The Morgan fingerprint density at radius 3 is 2.15 bits per heavy atom. The number of rotatable bonds is 5. The largest absolute Gasteiger partial charge is 0.353 e. The summed E-state index contributed by atoms with van der Waals surface area (Å²) in [7, 11) is -3.47. The molecule has 0 atom stereocenters. The fraction of sp³-hybridized carbons (Fsp3) is 0.650. The first-order valence-corrected chi connectivity index (χ1v) is 11.2. The number of carbonyl (C=O) groups excluding carboxylic acids is 1. The summed E-state index contributed by atoms with van der Waals surface area (Å²) in [5.41, 5.74) is 1.13. The molecule has 2 fully saturated rings. The number of hydrogen-bond donors (Lipinski definition) is 1. The van der Waals surface area contributed by atoms with Crippen molar-refractivity contribution in [2.45, 2.75) is 69.2 Å². The molecule has 1 amide bonds. The molecule has 0 bridgehead atoms. The molecule has 2 aliphatic rings. The molecule has 26 heavy (non-hydrogen) atoms. The van der Waals surface area contributed by atoms with Crippen LogP contribution in [0.2, 0.25) is 0 Å². The van der Waals surface area contributed by atoms with Gasteiger partial charge in [-0.15, -0.1) is 0 Å². The van der Waals surface area contributed by atoms with Crippen molar-refractivity contribution in [3.63, 3.8) is 0 Å². The van der Waals surface area contributed by atoms with Gasteiger partial charge >= 0.3 is 0 Å². The summed E-state index contributed by atoms with van der Waals surface area (Å²) >= 11 is 0. The maximum absolute atomic E-state index is 12.8. The van der Waals surface area contributed by atoms with Gasteiger partial charge in [0.15, 0.2) is 0 Å². The summed E-state index contributed by atoms with van der Waals surface area (Å²) in [6.07, 6.45) is 5.73. The van der Waals surface area contributed by atoms with Gasteiger partial charge in [0.25, 0.3) is 0 Å². The lowest BCUT2D eigenvalue weighted by molar-refractivity contribution is -0.126. The van der Waals surface area contributed by atoms with Crippen LogP contribution in [-0.4, -0.2) is 37.8 Å². The van der Waals surface area contributed by atoms with E-state index in [9.17, 15) is 13.2 Å². The van der Waals surface area contributed by atoms with Crippen LogP contribution in [0.15, 0.2) is 29.2 Å². The number of hydrogen-bond acceptors (Lipinski definition) is 3. The zero-order valence-corrected chi connectivity index (χ0v) is 16.6. The van der Waals surface area contributed by atoms with Crippen molar-refractivity contribution >= 4 is 15.9 Å². The first-order chi connectivity index (χ1) is 12.4. The van der Waals surface area contributed by atoms with E-state index < -0.39 is 10.0 Å². The van der Waals surface area contributed by atoms with Gasteiger partial charge in [-0.05, 0) is 49.3 Å². The second-order valence-corrected chi connectivity index (χ2v) is 9.83. The van der Waals surface area contributed by atoms with Gasteiger partial charge in [-0.1, -0.05) is 38.8 Å². The summed E-state index contributed by atoms with van der Waals surface area (Å²) in [5.74, 6) is 0.418. The fourth-order valence-corrected chi connectivity index (χ4v) is 5.39. The molecule has 3 rings (SSSR count). The van der Waals surface area contributed by atoms with Gasteiger partial charge in [0.05, 0.1) is 4.90 Å². The van der Waals surface area contributed by atoms with Gasteiger partial charge < -0.3 is 5.32 Å².